The maximum Gasteiger partial charge on any atom is 0.280 e. The lowest BCUT2D eigenvalue weighted by Gasteiger charge is -2.25. The van der Waals surface area contributed by atoms with Gasteiger partial charge in [0.05, 0.1) is 6.34 Å². The van der Waals surface area contributed by atoms with Crippen LogP contribution in [0.15, 0.2) is 9.79 Å². The third-order valence-electron chi connectivity index (χ3n) is 3.65. The van der Waals surface area contributed by atoms with Gasteiger partial charge in [-0.1, -0.05) is 0 Å². The molecule has 2 aromatic heterocycles. The fourth-order valence-corrected chi connectivity index (χ4v) is 2.55. The lowest BCUT2D eigenvalue weighted by molar-refractivity contribution is 0.408. The summed E-state index contributed by atoms with van der Waals surface area (Å²) in [5.41, 5.74) is 0.259. The third kappa shape index (κ3) is 5.53. The first kappa shape index (κ1) is 20.9. The Bertz CT molecular complexity index is 864. The molecule has 0 amide bonds. The van der Waals surface area contributed by atoms with Crippen LogP contribution in [0.5, 0.6) is 0 Å². The van der Waals surface area contributed by atoms with Gasteiger partial charge in [0.1, 0.15) is 0 Å². The lowest BCUT2D eigenvalue weighted by atomic mass is 10.1. The highest BCUT2D eigenvalue weighted by molar-refractivity contribution is 5.75. The van der Waals surface area contributed by atoms with Crippen LogP contribution in [-0.4, -0.2) is 63.5 Å². The highest BCUT2D eigenvalue weighted by Crippen LogP contribution is 2.26. The minimum absolute atomic E-state index is 0.0455. The van der Waals surface area contributed by atoms with E-state index in [0.29, 0.717) is 23.7 Å². The van der Waals surface area contributed by atoms with Gasteiger partial charge in [-0.05, 0) is 41.5 Å². The summed E-state index contributed by atoms with van der Waals surface area (Å²) < 4.78 is 1.95. The van der Waals surface area contributed by atoms with Gasteiger partial charge in [0.15, 0.2) is 11.2 Å². The van der Waals surface area contributed by atoms with Crippen LogP contribution in [-0.2, 0) is 5.54 Å². The van der Waals surface area contributed by atoms with Crippen LogP contribution in [0, 0.1) is 0 Å². The normalized spacial score (nSPS) is 12.9. The van der Waals surface area contributed by atoms with Gasteiger partial charge in [-0.2, -0.15) is 4.98 Å². The molecule has 0 aliphatic carbocycles. The summed E-state index contributed by atoms with van der Waals surface area (Å²) in [6, 6.07) is 0. The molecule has 9 heteroatoms. The number of aliphatic imine (C=N–C) groups is 1. The molecule has 0 saturated carbocycles. The molecule has 2 heterocycles. The van der Waals surface area contributed by atoms with Crippen molar-refractivity contribution in [1.82, 2.24) is 29.7 Å². The lowest BCUT2D eigenvalue weighted by Crippen LogP contribution is -2.39. The summed E-state index contributed by atoms with van der Waals surface area (Å²) in [5.74, 6) is 0.882. The molecule has 2 rings (SSSR count). The highest BCUT2D eigenvalue weighted by atomic mass is 16.1. The van der Waals surface area contributed by atoms with Crippen LogP contribution in [0.1, 0.15) is 41.5 Å². The van der Waals surface area contributed by atoms with Gasteiger partial charge >= 0.3 is 0 Å². The average Bonchev–Trinajstić information content (AvgIpc) is 2.87. The van der Waals surface area contributed by atoms with E-state index in [1.165, 1.54) is 0 Å². The molecule has 0 fully saturated rings. The number of aromatic nitrogens is 4. The molecule has 0 aliphatic heterocycles. The highest BCUT2D eigenvalue weighted by Gasteiger charge is 2.24. The molecule has 0 radical (unpaired) electrons. The van der Waals surface area contributed by atoms with Crippen molar-refractivity contribution in [3.63, 3.8) is 0 Å². The number of fused-ring (bicyclic) bond motifs is 1. The van der Waals surface area contributed by atoms with Crippen molar-refractivity contribution in [3.8, 4) is 0 Å². The van der Waals surface area contributed by atoms with E-state index in [1.807, 2.05) is 18.7 Å². The van der Waals surface area contributed by atoms with Crippen molar-refractivity contribution in [3.05, 3.63) is 10.4 Å². The SMILES string of the molecule is CN(C)/C=N/c1nc2c(nc(NCCNC(C)(C)C)n2C(C)(C)C)c(=O)[nH]1. The maximum absolute atomic E-state index is 12.5. The van der Waals surface area contributed by atoms with E-state index in [9.17, 15) is 4.79 Å². The maximum atomic E-state index is 12.5. The fourth-order valence-electron chi connectivity index (χ4n) is 2.55. The number of H-pyrrole nitrogens is 1. The molecule has 9 nitrogen and oxygen atoms in total. The molecule has 27 heavy (non-hydrogen) atoms. The van der Waals surface area contributed by atoms with E-state index in [2.05, 4.69) is 72.1 Å². The van der Waals surface area contributed by atoms with Gasteiger partial charge < -0.3 is 15.5 Å². The molecule has 0 aromatic carbocycles. The smallest absolute Gasteiger partial charge is 0.280 e. The predicted octanol–water partition coefficient (Wildman–Crippen LogP) is 1.90. The standard InChI is InChI=1S/C18H32N8O/c1-17(2,3)21-10-9-19-16-22-12-13(26(16)18(4,5)6)23-15(24-14(12)27)20-11-25(7)8/h11,21H,9-10H2,1-8H3,(H,19,22)(H,23,24,27)/b20-11+. The Hall–Kier alpha value is -2.42. The summed E-state index contributed by atoms with van der Waals surface area (Å²) in [6.07, 6.45) is 1.60. The molecule has 150 valence electrons. The molecule has 0 saturated heterocycles. The van der Waals surface area contributed by atoms with Crippen LogP contribution >= 0.6 is 0 Å². The molecular formula is C18H32N8O. The zero-order chi connectivity index (χ0) is 20.4. The van der Waals surface area contributed by atoms with Crippen molar-refractivity contribution in [1.29, 1.82) is 0 Å². The van der Waals surface area contributed by atoms with Gasteiger partial charge in [0.25, 0.3) is 5.56 Å². The number of nitrogens with zero attached hydrogens (tertiary/aromatic N) is 5. The summed E-state index contributed by atoms with van der Waals surface area (Å²) in [4.78, 5) is 30.2. The average molecular weight is 377 g/mol. The number of nitrogens with one attached hydrogen (secondary N) is 3. The van der Waals surface area contributed by atoms with Gasteiger partial charge in [-0.15, -0.1) is 0 Å². The number of aromatic amines is 1. The van der Waals surface area contributed by atoms with E-state index in [4.69, 9.17) is 0 Å². The Balaban J connectivity index is 2.42. The molecular weight excluding hydrogens is 344 g/mol. The Labute approximate surface area is 160 Å². The zero-order valence-corrected chi connectivity index (χ0v) is 17.6. The number of hydrogen-bond donors (Lipinski definition) is 3. The van der Waals surface area contributed by atoms with Gasteiger partial charge in [0, 0.05) is 38.3 Å². The second kappa shape index (κ2) is 7.67. The van der Waals surface area contributed by atoms with E-state index >= 15 is 0 Å². The molecule has 0 bridgehead atoms. The summed E-state index contributed by atoms with van der Waals surface area (Å²) in [7, 11) is 3.71. The molecule has 0 spiro atoms. The zero-order valence-electron chi connectivity index (χ0n) is 17.6. The van der Waals surface area contributed by atoms with Gasteiger partial charge in [0.2, 0.25) is 11.9 Å². The topological polar surface area (TPSA) is 103 Å². The van der Waals surface area contributed by atoms with Crippen molar-refractivity contribution < 1.29 is 0 Å². The monoisotopic (exact) mass is 376 g/mol. The third-order valence-corrected chi connectivity index (χ3v) is 3.65. The number of anilines is 1. The van der Waals surface area contributed by atoms with E-state index in [1.54, 1.807) is 11.2 Å². The first-order valence-electron chi connectivity index (χ1n) is 9.11. The van der Waals surface area contributed by atoms with Crippen molar-refractivity contribution in [2.45, 2.75) is 52.6 Å². The Morgan fingerprint density at radius 2 is 1.81 bits per heavy atom. The van der Waals surface area contributed by atoms with Crippen molar-refractivity contribution in [2.24, 2.45) is 4.99 Å². The van der Waals surface area contributed by atoms with Crippen LogP contribution in [0.2, 0.25) is 0 Å². The van der Waals surface area contributed by atoms with E-state index in [0.717, 1.165) is 6.54 Å². The second-order valence-corrected chi connectivity index (χ2v) is 8.82. The van der Waals surface area contributed by atoms with E-state index in [-0.39, 0.29) is 22.6 Å². The van der Waals surface area contributed by atoms with E-state index < -0.39 is 0 Å². The van der Waals surface area contributed by atoms with Crippen molar-refractivity contribution >= 4 is 29.4 Å². The predicted molar refractivity (Wildman–Crippen MR) is 111 cm³/mol. The van der Waals surface area contributed by atoms with Gasteiger partial charge in [-0.25, -0.2) is 9.98 Å². The first-order chi connectivity index (χ1) is 12.4. The fraction of sp³-hybridized carbons (Fsp3) is 0.667. The van der Waals surface area contributed by atoms with Crippen LogP contribution < -0.4 is 16.2 Å². The summed E-state index contributed by atoms with van der Waals surface area (Å²) in [6.45, 7) is 14.0. The molecule has 2 aromatic rings. The number of imidazole rings is 1. The molecule has 0 atom stereocenters. The Morgan fingerprint density at radius 1 is 1.15 bits per heavy atom. The number of hydrogen-bond acceptors (Lipinski definition) is 6. The first-order valence-corrected chi connectivity index (χ1v) is 9.11. The Kier molecular flexibility index (Phi) is 5.94. The summed E-state index contributed by atoms with van der Waals surface area (Å²) in [5, 5.41) is 6.75. The number of rotatable bonds is 6. The minimum atomic E-state index is -0.308. The van der Waals surface area contributed by atoms with Crippen LogP contribution in [0.3, 0.4) is 0 Å². The Morgan fingerprint density at radius 3 is 2.37 bits per heavy atom. The largest absolute Gasteiger partial charge is 0.369 e. The van der Waals surface area contributed by atoms with Crippen molar-refractivity contribution in [2.75, 3.05) is 32.5 Å². The van der Waals surface area contributed by atoms with Crippen LogP contribution in [0.4, 0.5) is 11.9 Å². The minimum Gasteiger partial charge on any atom is -0.369 e. The molecule has 3 N–H and O–H groups in total. The summed E-state index contributed by atoms with van der Waals surface area (Å²) >= 11 is 0. The van der Waals surface area contributed by atoms with Crippen LogP contribution in [0.25, 0.3) is 11.2 Å². The molecule has 0 unspecified atom stereocenters. The molecule has 0 aliphatic rings. The quantitative estimate of drug-likeness (QED) is 0.404. The van der Waals surface area contributed by atoms with Gasteiger partial charge in [-0.3, -0.25) is 14.3 Å². The second-order valence-electron chi connectivity index (χ2n) is 8.82.